The molecule has 8 heavy (non-hydrogen) atoms. The third-order valence-corrected chi connectivity index (χ3v) is 1.02. The van der Waals surface area contributed by atoms with Crippen LogP contribution in [0.4, 0.5) is 0 Å². The van der Waals surface area contributed by atoms with E-state index in [0.717, 1.165) is 12.9 Å². The van der Waals surface area contributed by atoms with Crippen molar-refractivity contribution in [3.63, 3.8) is 0 Å². The van der Waals surface area contributed by atoms with Crippen LogP contribution in [0, 0.1) is 0 Å². The van der Waals surface area contributed by atoms with E-state index >= 15 is 0 Å². The highest BCUT2D eigenvalue weighted by Crippen LogP contribution is 1.89. The third-order valence-electron chi connectivity index (χ3n) is 1.02. The van der Waals surface area contributed by atoms with Crippen LogP contribution >= 0.6 is 0 Å². The molecule has 0 aromatic heterocycles. The zero-order valence-electron chi connectivity index (χ0n) is 5.81. The number of hydrogen-bond donors (Lipinski definition) is 0. The van der Waals surface area contributed by atoms with Gasteiger partial charge in [0.25, 0.3) is 0 Å². The maximum absolute atomic E-state index is 4.86. The molecule has 0 N–H and O–H groups in total. The summed E-state index contributed by atoms with van der Waals surface area (Å²) in [5.74, 6) is 0. The van der Waals surface area contributed by atoms with Gasteiger partial charge in [0, 0.05) is 13.7 Å². The van der Waals surface area contributed by atoms with Gasteiger partial charge in [-0.2, -0.15) is 0 Å². The van der Waals surface area contributed by atoms with Gasteiger partial charge in [0.2, 0.25) is 0 Å². The summed E-state index contributed by atoms with van der Waals surface area (Å²) in [4.78, 5) is 0. The highest BCUT2D eigenvalue weighted by molar-refractivity contribution is 6.35. The van der Waals surface area contributed by atoms with Gasteiger partial charge in [-0.1, -0.05) is 26.0 Å². The Bertz CT molecular complexity index is 33.5. The lowest BCUT2D eigenvalue weighted by Gasteiger charge is -1.93. The predicted molar refractivity (Wildman–Crippen MR) is 37.5 cm³/mol. The van der Waals surface area contributed by atoms with Crippen molar-refractivity contribution in [1.29, 1.82) is 0 Å². The SMILES string of the molecule is CCC[B]CCOC. The molecule has 0 aliphatic heterocycles. The Morgan fingerprint density at radius 2 is 2.12 bits per heavy atom. The Labute approximate surface area is 52.7 Å². The second-order valence-corrected chi connectivity index (χ2v) is 1.86. The summed E-state index contributed by atoms with van der Waals surface area (Å²) in [7, 11) is 4.00. The molecule has 0 aliphatic carbocycles. The fourth-order valence-corrected chi connectivity index (χ4v) is 0.550. The van der Waals surface area contributed by atoms with Crippen molar-refractivity contribution < 1.29 is 4.74 Å². The monoisotopic (exact) mass is 113 g/mol. The van der Waals surface area contributed by atoms with Crippen LogP contribution in [-0.2, 0) is 4.74 Å². The summed E-state index contributed by atoms with van der Waals surface area (Å²) < 4.78 is 4.86. The fraction of sp³-hybridized carbons (Fsp3) is 1.00. The average molecular weight is 113 g/mol. The van der Waals surface area contributed by atoms with Gasteiger partial charge in [-0.3, -0.25) is 0 Å². The molecule has 0 rings (SSSR count). The lowest BCUT2D eigenvalue weighted by molar-refractivity contribution is 0.215. The van der Waals surface area contributed by atoms with Crippen LogP contribution in [0.3, 0.4) is 0 Å². The third kappa shape index (κ3) is 6.02. The first-order valence-corrected chi connectivity index (χ1v) is 3.22. The first-order valence-electron chi connectivity index (χ1n) is 3.22. The zero-order chi connectivity index (χ0) is 6.24. The van der Waals surface area contributed by atoms with Crippen molar-refractivity contribution in [3.8, 4) is 0 Å². The zero-order valence-corrected chi connectivity index (χ0v) is 5.81. The van der Waals surface area contributed by atoms with Crippen molar-refractivity contribution in [2.75, 3.05) is 13.7 Å². The molecule has 0 aromatic rings. The first-order chi connectivity index (χ1) is 3.91. The van der Waals surface area contributed by atoms with Gasteiger partial charge in [-0.25, -0.2) is 0 Å². The molecule has 0 unspecified atom stereocenters. The summed E-state index contributed by atoms with van der Waals surface area (Å²) in [6.07, 6.45) is 3.58. The fourth-order valence-electron chi connectivity index (χ4n) is 0.550. The second kappa shape index (κ2) is 7.02. The first kappa shape index (κ1) is 8.02. The lowest BCUT2D eigenvalue weighted by atomic mass is 9.70. The van der Waals surface area contributed by atoms with Gasteiger partial charge in [0.1, 0.15) is 7.28 Å². The van der Waals surface area contributed by atoms with Gasteiger partial charge in [0.05, 0.1) is 0 Å². The Morgan fingerprint density at radius 3 is 2.62 bits per heavy atom. The minimum Gasteiger partial charge on any atom is -0.385 e. The van der Waals surface area contributed by atoms with Crippen molar-refractivity contribution in [3.05, 3.63) is 0 Å². The predicted octanol–water partition coefficient (Wildman–Crippen LogP) is 1.58. The number of ether oxygens (including phenoxy) is 1. The van der Waals surface area contributed by atoms with Crippen LogP contribution in [0.1, 0.15) is 13.3 Å². The van der Waals surface area contributed by atoms with E-state index in [4.69, 9.17) is 4.74 Å². The van der Waals surface area contributed by atoms with Crippen molar-refractivity contribution in [1.82, 2.24) is 0 Å². The molecule has 1 radical (unpaired) electrons. The lowest BCUT2D eigenvalue weighted by Crippen LogP contribution is -1.94. The number of methoxy groups -OCH3 is 1. The van der Waals surface area contributed by atoms with E-state index in [1.54, 1.807) is 7.11 Å². The molecule has 0 saturated carbocycles. The molecule has 0 amide bonds. The highest BCUT2D eigenvalue weighted by atomic mass is 16.5. The second-order valence-electron chi connectivity index (χ2n) is 1.86. The van der Waals surface area contributed by atoms with Crippen LogP contribution in [0.2, 0.25) is 12.6 Å². The van der Waals surface area contributed by atoms with Gasteiger partial charge in [0.15, 0.2) is 0 Å². The van der Waals surface area contributed by atoms with E-state index in [0.29, 0.717) is 0 Å². The van der Waals surface area contributed by atoms with Crippen molar-refractivity contribution in [2.45, 2.75) is 26.0 Å². The average Bonchev–Trinajstić information content (AvgIpc) is 1.81. The molecule has 2 heteroatoms. The summed E-state index contributed by atoms with van der Waals surface area (Å²) in [5, 5.41) is 0. The van der Waals surface area contributed by atoms with Crippen LogP contribution in [0.25, 0.3) is 0 Å². The van der Waals surface area contributed by atoms with Gasteiger partial charge in [-0.05, 0) is 0 Å². The molecular formula is C6H14BO. The van der Waals surface area contributed by atoms with E-state index in [9.17, 15) is 0 Å². The molecule has 0 saturated heterocycles. The molecule has 0 heterocycles. The largest absolute Gasteiger partial charge is 0.385 e. The van der Waals surface area contributed by atoms with Gasteiger partial charge in [-0.15, -0.1) is 0 Å². The molecule has 0 atom stereocenters. The molecule has 0 aliphatic rings. The van der Waals surface area contributed by atoms with E-state index in [2.05, 4.69) is 14.2 Å². The molecule has 0 fully saturated rings. The Kier molecular flexibility index (Phi) is 7.05. The minimum atomic E-state index is 0.875. The summed E-state index contributed by atoms with van der Waals surface area (Å²) in [6.45, 7) is 3.06. The van der Waals surface area contributed by atoms with E-state index in [-0.39, 0.29) is 0 Å². The van der Waals surface area contributed by atoms with Crippen LogP contribution in [0.15, 0.2) is 0 Å². The topological polar surface area (TPSA) is 9.23 Å². The molecule has 0 spiro atoms. The molecule has 1 nitrogen and oxygen atoms in total. The maximum atomic E-state index is 4.86. The molecule has 0 bridgehead atoms. The minimum absolute atomic E-state index is 0.875. The van der Waals surface area contributed by atoms with Crippen molar-refractivity contribution in [2.24, 2.45) is 0 Å². The summed E-state index contributed by atoms with van der Waals surface area (Å²) >= 11 is 0. The van der Waals surface area contributed by atoms with Crippen LogP contribution in [0.5, 0.6) is 0 Å². The van der Waals surface area contributed by atoms with Crippen LogP contribution in [-0.4, -0.2) is 21.0 Å². The quantitative estimate of drug-likeness (QED) is 0.388. The summed E-state index contributed by atoms with van der Waals surface area (Å²) in [6, 6.07) is 0. The van der Waals surface area contributed by atoms with Crippen LogP contribution < -0.4 is 0 Å². The smallest absolute Gasteiger partial charge is 0.112 e. The number of hydrogen-bond acceptors (Lipinski definition) is 1. The summed E-state index contributed by atoms with van der Waals surface area (Å²) in [5.41, 5.74) is 0. The van der Waals surface area contributed by atoms with E-state index in [1.165, 1.54) is 12.7 Å². The molecule has 0 aromatic carbocycles. The Hall–Kier alpha value is 0.0249. The Balaban J connectivity index is 2.53. The van der Waals surface area contributed by atoms with Gasteiger partial charge < -0.3 is 4.74 Å². The molecule has 47 valence electrons. The normalized spacial score (nSPS) is 9.25. The molecular weight excluding hydrogens is 98.9 g/mol. The standard InChI is InChI=1S/C6H14BO/c1-3-4-7-5-6-8-2/h3-6H2,1-2H3. The Morgan fingerprint density at radius 1 is 1.38 bits per heavy atom. The maximum Gasteiger partial charge on any atom is 0.112 e. The van der Waals surface area contributed by atoms with E-state index < -0.39 is 0 Å². The van der Waals surface area contributed by atoms with Gasteiger partial charge >= 0.3 is 0 Å². The van der Waals surface area contributed by atoms with Crippen molar-refractivity contribution >= 4 is 7.28 Å². The number of rotatable bonds is 5. The van der Waals surface area contributed by atoms with E-state index in [1.807, 2.05) is 0 Å². The highest BCUT2D eigenvalue weighted by Gasteiger charge is 1.86.